The van der Waals surface area contributed by atoms with E-state index in [1.165, 1.54) is 6.92 Å². The summed E-state index contributed by atoms with van der Waals surface area (Å²) in [5.41, 5.74) is 0. The van der Waals surface area contributed by atoms with Crippen LogP contribution in [0.5, 0.6) is 0 Å². The van der Waals surface area contributed by atoms with Gasteiger partial charge in [-0.1, -0.05) is 0 Å². The Morgan fingerprint density at radius 1 is 1.47 bits per heavy atom. The van der Waals surface area contributed by atoms with Crippen LogP contribution in [-0.4, -0.2) is 48.6 Å². The molecule has 15 heavy (non-hydrogen) atoms. The molecule has 94 valence electrons. The average molecular weight is 264 g/mol. The first-order valence-corrected chi connectivity index (χ1v) is 7.87. The van der Waals surface area contributed by atoms with Gasteiger partial charge in [0, 0.05) is 6.42 Å². The minimum Gasteiger partial charge on any atom is -0.466 e. The van der Waals surface area contributed by atoms with Crippen LogP contribution in [0, 0.1) is 0 Å². The van der Waals surface area contributed by atoms with E-state index in [2.05, 4.69) is 0 Å². The molecule has 0 saturated heterocycles. The molecule has 0 heterocycles. The van der Waals surface area contributed by atoms with E-state index in [1.54, 1.807) is 6.55 Å². The van der Waals surface area contributed by atoms with E-state index in [1.807, 2.05) is 0 Å². The van der Waals surface area contributed by atoms with Crippen molar-refractivity contribution in [3.63, 3.8) is 0 Å². The van der Waals surface area contributed by atoms with Gasteiger partial charge in [0.1, 0.15) is 10.5 Å². The van der Waals surface area contributed by atoms with Gasteiger partial charge in [0.15, 0.2) is 9.04 Å². The zero-order valence-corrected chi connectivity index (χ0v) is 12.4. The molecule has 0 aromatic heterocycles. The van der Waals surface area contributed by atoms with Crippen molar-refractivity contribution in [3.05, 3.63) is 0 Å². The third kappa shape index (κ3) is 20.2. The molecule has 8 heteroatoms. The highest BCUT2D eigenvalue weighted by Gasteiger charge is 2.27. The Hall–Kier alpha value is 0.104. The van der Waals surface area contributed by atoms with Crippen LogP contribution in [-0.2, 0) is 4.12 Å². The standard InChI is InChI=1S/C4H11F3OSi2.C3H8O2/c1-10(8-9)3-2-4(5,6)7;1-3(5)2-4/h10H,2-3H2,1,9H3;3-5H,2H2,1H3. The Bertz CT molecular complexity index is 144. The average Bonchev–Trinajstić information content (AvgIpc) is 2.14. The Morgan fingerprint density at radius 2 is 1.87 bits per heavy atom. The van der Waals surface area contributed by atoms with Gasteiger partial charge < -0.3 is 14.3 Å². The highest BCUT2D eigenvalue weighted by molar-refractivity contribution is 6.54. The zero-order chi connectivity index (χ0) is 12.5. The van der Waals surface area contributed by atoms with E-state index in [0.29, 0.717) is 10.5 Å². The van der Waals surface area contributed by atoms with Gasteiger partial charge in [-0.3, -0.25) is 0 Å². The summed E-state index contributed by atoms with van der Waals surface area (Å²) in [5, 5.41) is 16.0. The summed E-state index contributed by atoms with van der Waals surface area (Å²) >= 11 is 0. The lowest BCUT2D eigenvalue weighted by Crippen LogP contribution is -2.16. The van der Waals surface area contributed by atoms with Crippen LogP contribution >= 0.6 is 0 Å². The van der Waals surface area contributed by atoms with Crippen molar-refractivity contribution in [1.29, 1.82) is 0 Å². The first-order valence-electron chi connectivity index (χ1n) is 4.61. The van der Waals surface area contributed by atoms with Gasteiger partial charge in [0.2, 0.25) is 0 Å². The highest BCUT2D eigenvalue weighted by atomic mass is 28.3. The predicted molar refractivity (Wildman–Crippen MR) is 58.3 cm³/mol. The molecule has 3 nitrogen and oxygen atoms in total. The van der Waals surface area contributed by atoms with Crippen molar-refractivity contribution in [2.24, 2.45) is 0 Å². The molecule has 0 aliphatic rings. The van der Waals surface area contributed by atoms with E-state index in [0.717, 1.165) is 0 Å². The molecule has 0 aliphatic heterocycles. The number of aliphatic hydroxyl groups excluding tert-OH is 2. The monoisotopic (exact) mass is 264 g/mol. The normalized spacial score (nSPS) is 15.4. The van der Waals surface area contributed by atoms with E-state index >= 15 is 0 Å². The van der Waals surface area contributed by atoms with Crippen molar-refractivity contribution >= 4 is 19.5 Å². The molecule has 0 saturated carbocycles. The highest BCUT2D eigenvalue weighted by Crippen LogP contribution is 2.22. The van der Waals surface area contributed by atoms with Gasteiger partial charge in [-0.2, -0.15) is 13.2 Å². The van der Waals surface area contributed by atoms with Crippen molar-refractivity contribution in [3.8, 4) is 0 Å². The van der Waals surface area contributed by atoms with Crippen LogP contribution in [0.2, 0.25) is 12.6 Å². The van der Waals surface area contributed by atoms with Crippen molar-refractivity contribution in [2.75, 3.05) is 6.61 Å². The Kier molecular flexibility index (Phi) is 10.9. The van der Waals surface area contributed by atoms with Gasteiger partial charge >= 0.3 is 6.18 Å². The third-order valence-electron chi connectivity index (χ3n) is 1.50. The molecular formula is C7H19F3O3Si2. The number of hydrogen-bond donors (Lipinski definition) is 2. The maximum atomic E-state index is 11.5. The largest absolute Gasteiger partial charge is 0.466 e. The maximum absolute atomic E-state index is 11.5. The number of halogens is 3. The zero-order valence-electron chi connectivity index (χ0n) is 9.21. The molecule has 0 aromatic rings. The summed E-state index contributed by atoms with van der Waals surface area (Å²) in [6.07, 6.45) is -5.24. The number of aliphatic hydroxyl groups is 2. The molecule has 0 aromatic carbocycles. The van der Waals surface area contributed by atoms with E-state index in [-0.39, 0.29) is 12.7 Å². The van der Waals surface area contributed by atoms with Crippen molar-refractivity contribution < 1.29 is 27.5 Å². The lowest BCUT2D eigenvalue weighted by atomic mass is 10.5. The van der Waals surface area contributed by atoms with E-state index in [4.69, 9.17) is 14.3 Å². The first-order chi connectivity index (χ1) is 6.72. The number of alkyl halides is 3. The lowest BCUT2D eigenvalue weighted by Gasteiger charge is -2.09. The molecule has 2 atom stereocenters. The Labute approximate surface area is 92.5 Å². The number of rotatable bonds is 4. The summed E-state index contributed by atoms with van der Waals surface area (Å²) in [4.78, 5) is 0. The van der Waals surface area contributed by atoms with Crippen LogP contribution in [0.15, 0.2) is 0 Å². The summed E-state index contributed by atoms with van der Waals surface area (Å²) in [5.74, 6) is 0. The van der Waals surface area contributed by atoms with Crippen LogP contribution < -0.4 is 0 Å². The van der Waals surface area contributed by atoms with E-state index < -0.39 is 27.7 Å². The fourth-order valence-corrected chi connectivity index (χ4v) is 2.16. The first kappa shape index (κ1) is 17.5. The molecule has 0 bridgehead atoms. The summed E-state index contributed by atoms with van der Waals surface area (Å²) in [6.45, 7) is 3.18. The maximum Gasteiger partial charge on any atom is 0.388 e. The number of hydrogen-bond acceptors (Lipinski definition) is 3. The van der Waals surface area contributed by atoms with Crippen LogP contribution in [0.25, 0.3) is 0 Å². The molecule has 0 rings (SSSR count). The summed E-state index contributed by atoms with van der Waals surface area (Å²) < 4.78 is 39.5. The van der Waals surface area contributed by atoms with Crippen molar-refractivity contribution in [1.82, 2.24) is 0 Å². The second-order valence-electron chi connectivity index (χ2n) is 3.23. The quantitative estimate of drug-likeness (QED) is 0.700. The van der Waals surface area contributed by atoms with Crippen LogP contribution in [0.4, 0.5) is 13.2 Å². The Morgan fingerprint density at radius 3 is 2.07 bits per heavy atom. The Balaban J connectivity index is 0. The summed E-state index contributed by atoms with van der Waals surface area (Å²) in [6, 6.07) is 0.215. The minimum atomic E-state index is -4.00. The minimum absolute atomic E-state index is 0.139. The van der Waals surface area contributed by atoms with Gasteiger partial charge in [-0.15, -0.1) is 0 Å². The molecule has 2 N–H and O–H groups in total. The van der Waals surface area contributed by atoms with Crippen molar-refractivity contribution in [2.45, 2.75) is 38.2 Å². The van der Waals surface area contributed by atoms with Gasteiger partial charge in [0.25, 0.3) is 0 Å². The molecule has 2 unspecified atom stereocenters. The van der Waals surface area contributed by atoms with Crippen LogP contribution in [0.3, 0.4) is 0 Å². The molecule has 0 spiro atoms. The fraction of sp³-hybridized carbons (Fsp3) is 1.00. The molecule has 0 amide bonds. The summed E-state index contributed by atoms with van der Waals surface area (Å²) in [7, 11) is -0.871. The van der Waals surface area contributed by atoms with Gasteiger partial charge in [0.05, 0.1) is 12.7 Å². The molecule has 0 aliphatic carbocycles. The molecular weight excluding hydrogens is 245 g/mol. The van der Waals surface area contributed by atoms with Gasteiger partial charge in [-0.05, 0) is 19.5 Å². The smallest absolute Gasteiger partial charge is 0.388 e. The predicted octanol–water partition coefficient (Wildman–Crippen LogP) is -0.0511. The SMILES string of the molecule is CC(O)CO.C[SiH](CCC(F)(F)F)O[SiH3]. The lowest BCUT2D eigenvalue weighted by molar-refractivity contribution is -0.130. The second-order valence-corrected chi connectivity index (χ2v) is 7.32. The van der Waals surface area contributed by atoms with Crippen LogP contribution in [0.1, 0.15) is 13.3 Å². The third-order valence-corrected chi connectivity index (χ3v) is 5.82. The fourth-order valence-electron chi connectivity index (χ4n) is 0.485. The molecule has 0 fully saturated rings. The van der Waals surface area contributed by atoms with E-state index in [9.17, 15) is 13.2 Å². The second kappa shape index (κ2) is 9.34. The van der Waals surface area contributed by atoms with Gasteiger partial charge in [-0.25, -0.2) is 0 Å². The molecule has 0 radical (unpaired) electrons. The topological polar surface area (TPSA) is 49.7 Å².